The van der Waals surface area contributed by atoms with Crippen molar-refractivity contribution in [2.24, 2.45) is 5.92 Å². The summed E-state index contributed by atoms with van der Waals surface area (Å²) in [6, 6.07) is 6.29. The molecule has 3 amide bonds. The van der Waals surface area contributed by atoms with Gasteiger partial charge < -0.3 is 0 Å². The van der Waals surface area contributed by atoms with Crippen molar-refractivity contribution in [3.8, 4) is 0 Å². The normalized spacial score (nSPS) is 21.5. The van der Waals surface area contributed by atoms with E-state index < -0.39 is 5.92 Å². The van der Waals surface area contributed by atoms with Crippen LogP contribution in [-0.2, 0) is 4.79 Å². The molecule has 0 N–H and O–H groups in total. The van der Waals surface area contributed by atoms with Gasteiger partial charge in [-0.2, -0.15) is 9.37 Å². The van der Waals surface area contributed by atoms with Crippen LogP contribution in [0.25, 0.3) is 0 Å². The molecule has 1 unspecified atom stereocenters. The Labute approximate surface area is 121 Å². The number of fused-ring (bicyclic) bond motifs is 1. The molecule has 1 heterocycles. The highest BCUT2D eigenvalue weighted by Crippen LogP contribution is 2.25. The first-order chi connectivity index (χ1) is 9.59. The third-order valence-electron chi connectivity index (χ3n) is 3.44. The summed E-state index contributed by atoms with van der Waals surface area (Å²) in [4.78, 5) is 26.1. The van der Waals surface area contributed by atoms with E-state index in [-0.39, 0.29) is 11.9 Å². The fourth-order valence-corrected chi connectivity index (χ4v) is 2.51. The highest BCUT2D eigenvalue weighted by molar-refractivity contribution is 6.31. The van der Waals surface area contributed by atoms with Crippen molar-refractivity contribution in [3.05, 3.63) is 53.6 Å². The standard InChI is InChI=1S/C15H12ClN2O2/c1-17-13-5-3-2-4-12(13)14(19)18(15(17)20)11-8-6-10(16)7-9-11/h2-9,12H,1H3/q+1. The van der Waals surface area contributed by atoms with Gasteiger partial charge in [0.25, 0.3) is 0 Å². The molecule has 5 heteroatoms. The Hall–Kier alpha value is -2.20. The molecule has 0 saturated carbocycles. The third-order valence-corrected chi connectivity index (χ3v) is 3.69. The van der Waals surface area contributed by atoms with Gasteiger partial charge in [0, 0.05) is 5.02 Å². The van der Waals surface area contributed by atoms with E-state index in [0.717, 1.165) is 0 Å². The van der Waals surface area contributed by atoms with Crippen LogP contribution >= 0.6 is 11.6 Å². The van der Waals surface area contributed by atoms with Gasteiger partial charge in [0.05, 0.1) is 7.05 Å². The fourth-order valence-electron chi connectivity index (χ4n) is 2.38. The molecule has 0 radical (unpaired) electrons. The van der Waals surface area contributed by atoms with E-state index >= 15 is 0 Å². The molecule has 4 nitrogen and oxygen atoms in total. The molecular weight excluding hydrogens is 276 g/mol. The molecule has 20 heavy (non-hydrogen) atoms. The summed E-state index contributed by atoms with van der Waals surface area (Å²) in [5, 5.41) is 0.562. The summed E-state index contributed by atoms with van der Waals surface area (Å²) in [6.07, 6.45) is 7.22. The van der Waals surface area contributed by atoms with Crippen LogP contribution in [0.5, 0.6) is 0 Å². The van der Waals surface area contributed by atoms with Crippen LogP contribution < -0.4 is 4.90 Å². The maximum atomic E-state index is 12.5. The van der Waals surface area contributed by atoms with Crippen molar-refractivity contribution in [2.45, 2.75) is 0 Å². The van der Waals surface area contributed by atoms with Crippen LogP contribution in [-0.4, -0.2) is 29.3 Å². The van der Waals surface area contributed by atoms with Crippen LogP contribution in [0.3, 0.4) is 0 Å². The number of allylic oxidation sites excluding steroid dienone is 3. The van der Waals surface area contributed by atoms with Gasteiger partial charge >= 0.3 is 11.9 Å². The van der Waals surface area contributed by atoms with Gasteiger partial charge in [-0.05, 0) is 30.3 Å². The number of benzene rings is 1. The predicted octanol–water partition coefficient (Wildman–Crippen LogP) is 2.63. The minimum atomic E-state index is -0.418. The molecule has 100 valence electrons. The number of hydrogen-bond donors (Lipinski definition) is 0. The van der Waals surface area contributed by atoms with Gasteiger partial charge in [-0.3, -0.25) is 0 Å². The number of amides is 3. The van der Waals surface area contributed by atoms with Crippen molar-refractivity contribution in [2.75, 3.05) is 11.9 Å². The van der Waals surface area contributed by atoms with Crippen LogP contribution in [0, 0.1) is 5.92 Å². The van der Waals surface area contributed by atoms with Gasteiger partial charge in [0.15, 0.2) is 0 Å². The number of carbonyl (C=O) groups excluding carboxylic acids is 2. The quantitative estimate of drug-likeness (QED) is 0.745. The number of halogens is 1. The topological polar surface area (TPSA) is 40.4 Å². The van der Waals surface area contributed by atoms with E-state index in [1.165, 1.54) is 9.48 Å². The minimum Gasteiger partial charge on any atom is -0.245 e. The zero-order valence-electron chi connectivity index (χ0n) is 10.8. The second kappa shape index (κ2) is 4.72. The Morgan fingerprint density at radius 3 is 2.55 bits per heavy atom. The van der Waals surface area contributed by atoms with Gasteiger partial charge in [-0.15, -0.1) is 4.90 Å². The smallest absolute Gasteiger partial charge is 0.245 e. The molecule has 0 fully saturated rings. The molecule has 0 bridgehead atoms. The van der Waals surface area contributed by atoms with Crippen molar-refractivity contribution < 1.29 is 14.2 Å². The molecule has 3 rings (SSSR count). The molecule has 0 aromatic heterocycles. The number of urea groups is 1. The summed E-state index contributed by atoms with van der Waals surface area (Å²) in [5.41, 5.74) is 1.23. The van der Waals surface area contributed by atoms with Crippen LogP contribution in [0.2, 0.25) is 5.02 Å². The fraction of sp³-hybridized carbons (Fsp3) is 0.133. The van der Waals surface area contributed by atoms with Crippen molar-refractivity contribution in [1.82, 2.24) is 0 Å². The van der Waals surface area contributed by atoms with Crippen LogP contribution in [0.15, 0.2) is 48.6 Å². The predicted molar refractivity (Wildman–Crippen MR) is 77.3 cm³/mol. The number of nitrogens with zero attached hydrogens (tertiary/aromatic N) is 2. The number of hydrogen-bond acceptors (Lipinski definition) is 2. The minimum absolute atomic E-state index is 0.244. The zero-order chi connectivity index (χ0) is 14.3. The zero-order valence-corrected chi connectivity index (χ0v) is 11.5. The largest absolute Gasteiger partial charge is 0.505 e. The monoisotopic (exact) mass is 287 g/mol. The van der Waals surface area contributed by atoms with Crippen LogP contribution in [0.1, 0.15) is 0 Å². The average molecular weight is 288 g/mol. The molecule has 2 aliphatic rings. The van der Waals surface area contributed by atoms with Gasteiger partial charge in [-0.1, -0.05) is 29.8 Å². The first kappa shape index (κ1) is 12.8. The molecule has 0 saturated heterocycles. The highest BCUT2D eigenvalue weighted by atomic mass is 35.5. The van der Waals surface area contributed by atoms with Gasteiger partial charge in [-0.25, -0.2) is 4.79 Å². The van der Waals surface area contributed by atoms with Crippen molar-refractivity contribution >= 4 is 34.9 Å². The summed E-state index contributed by atoms with van der Waals surface area (Å²) in [7, 11) is 1.67. The Kier molecular flexibility index (Phi) is 3.03. The number of anilines is 1. The molecule has 1 aliphatic heterocycles. The van der Waals surface area contributed by atoms with E-state index in [2.05, 4.69) is 0 Å². The van der Waals surface area contributed by atoms with E-state index in [1.807, 2.05) is 12.2 Å². The summed E-state index contributed by atoms with van der Waals surface area (Å²) in [6.45, 7) is 0. The number of carbonyl (C=O) groups is 2. The lowest BCUT2D eigenvalue weighted by Gasteiger charge is -2.24. The van der Waals surface area contributed by atoms with Crippen molar-refractivity contribution in [1.29, 1.82) is 0 Å². The maximum Gasteiger partial charge on any atom is 0.505 e. The molecule has 0 spiro atoms. The molecule has 1 atom stereocenters. The second-order valence-corrected chi connectivity index (χ2v) is 5.07. The summed E-state index contributed by atoms with van der Waals surface area (Å²) < 4.78 is 1.50. The number of rotatable bonds is 1. The highest BCUT2D eigenvalue weighted by Gasteiger charge is 2.46. The summed E-state index contributed by atoms with van der Waals surface area (Å²) in [5.74, 6) is -0.663. The van der Waals surface area contributed by atoms with E-state index in [0.29, 0.717) is 16.4 Å². The van der Waals surface area contributed by atoms with E-state index in [4.69, 9.17) is 11.6 Å². The number of imide groups is 1. The second-order valence-electron chi connectivity index (χ2n) is 4.64. The third kappa shape index (κ3) is 1.89. The Bertz CT molecular complexity index is 686. The van der Waals surface area contributed by atoms with Crippen LogP contribution in [0.4, 0.5) is 10.5 Å². The Morgan fingerprint density at radius 2 is 1.85 bits per heavy atom. The lowest BCUT2D eigenvalue weighted by molar-refractivity contribution is -0.393. The average Bonchev–Trinajstić information content (AvgIpc) is 2.47. The Morgan fingerprint density at radius 1 is 1.15 bits per heavy atom. The lowest BCUT2D eigenvalue weighted by atomic mass is 9.94. The first-order valence-corrected chi connectivity index (χ1v) is 6.56. The Balaban J connectivity index is 2.10. The molecular formula is C15H12ClN2O2+. The lowest BCUT2D eigenvalue weighted by Crippen LogP contribution is -2.53. The van der Waals surface area contributed by atoms with E-state index in [1.54, 1.807) is 43.5 Å². The first-order valence-electron chi connectivity index (χ1n) is 6.18. The SMILES string of the molecule is C[N+]1=C2C=CC=CC2C(=O)N(c2ccc(Cl)cc2)C1=O. The van der Waals surface area contributed by atoms with Crippen molar-refractivity contribution in [3.63, 3.8) is 0 Å². The molecule has 1 aromatic rings. The summed E-state index contributed by atoms with van der Waals surface area (Å²) >= 11 is 5.84. The molecule has 1 aromatic carbocycles. The molecule has 1 aliphatic carbocycles. The van der Waals surface area contributed by atoms with Gasteiger partial charge in [0.2, 0.25) is 0 Å². The van der Waals surface area contributed by atoms with E-state index in [9.17, 15) is 9.59 Å². The maximum absolute atomic E-state index is 12.5. The van der Waals surface area contributed by atoms with Gasteiger partial charge in [0.1, 0.15) is 17.3 Å².